The number of aliphatic hydroxyl groups excluding tert-OH is 6. The van der Waals surface area contributed by atoms with Gasteiger partial charge in [0.15, 0.2) is 18.7 Å². The van der Waals surface area contributed by atoms with Gasteiger partial charge in [0.05, 0.1) is 25.7 Å². The molecule has 42 heavy (non-hydrogen) atoms. The predicted octanol–water partition coefficient (Wildman–Crippen LogP) is 1.39. The molecule has 2 aliphatic heterocycles. The zero-order valence-electron chi connectivity index (χ0n) is 25.8. The van der Waals surface area contributed by atoms with Crippen molar-refractivity contribution in [2.24, 2.45) is 11.8 Å². The molecule has 2 aliphatic rings. The molecule has 2 saturated heterocycles. The first-order valence-electron chi connectivity index (χ1n) is 15.8. The Labute approximate surface area is 250 Å². The van der Waals surface area contributed by atoms with Gasteiger partial charge in [0.2, 0.25) is 0 Å². The molecule has 2 fully saturated rings. The van der Waals surface area contributed by atoms with E-state index in [0.29, 0.717) is 6.61 Å². The third-order valence-corrected chi connectivity index (χ3v) is 8.07. The van der Waals surface area contributed by atoms with Gasteiger partial charge in [-0.1, -0.05) is 79.1 Å². The molecule has 12 nitrogen and oxygen atoms in total. The summed E-state index contributed by atoms with van der Waals surface area (Å²) < 4.78 is 28.1. The van der Waals surface area contributed by atoms with Crippen LogP contribution in [0.25, 0.3) is 0 Å². The quantitative estimate of drug-likeness (QED) is 0.0916. The molecule has 2 rings (SSSR count). The molecular formula is C30H56O12. The summed E-state index contributed by atoms with van der Waals surface area (Å²) in [5.41, 5.74) is 0. The van der Waals surface area contributed by atoms with Gasteiger partial charge in [0.1, 0.15) is 42.7 Å². The Bertz CT molecular complexity index is 725. The maximum atomic E-state index is 12.0. The maximum absolute atomic E-state index is 12.0. The number of unbranched alkanes of at least 4 members (excludes halogenated alkanes) is 6. The molecular weight excluding hydrogens is 552 g/mol. The van der Waals surface area contributed by atoms with Gasteiger partial charge in [0.25, 0.3) is 0 Å². The summed E-state index contributed by atoms with van der Waals surface area (Å²) in [4.78, 5) is 12.0. The van der Waals surface area contributed by atoms with E-state index in [0.717, 1.165) is 51.4 Å². The molecule has 0 aromatic carbocycles. The minimum atomic E-state index is -1.65. The summed E-state index contributed by atoms with van der Waals surface area (Å²) in [7, 11) is 0. The van der Waals surface area contributed by atoms with Gasteiger partial charge in [-0.3, -0.25) is 4.79 Å². The second kappa shape index (κ2) is 19.5. The van der Waals surface area contributed by atoms with Crippen molar-refractivity contribution >= 4 is 5.97 Å². The molecule has 0 unspecified atom stereocenters. The molecule has 0 aromatic rings. The predicted molar refractivity (Wildman–Crippen MR) is 152 cm³/mol. The van der Waals surface area contributed by atoms with Crippen LogP contribution < -0.4 is 0 Å². The van der Waals surface area contributed by atoms with Gasteiger partial charge in [0, 0.05) is 0 Å². The van der Waals surface area contributed by atoms with E-state index in [1.54, 1.807) is 13.8 Å². The van der Waals surface area contributed by atoms with Crippen molar-refractivity contribution in [3.05, 3.63) is 0 Å². The molecule has 0 aliphatic carbocycles. The SMILES string of the molecule is CCCCCCC(CCCCCC)CO[C@H]1O[C@H](CO[C@@H]2O[C@H](CO)[C@@H](OC(=O)C(C)C)[C@H](O)[C@H]2O)[C@@H](O)[C@H](O)[C@H]1O. The van der Waals surface area contributed by atoms with E-state index in [4.69, 9.17) is 23.7 Å². The maximum Gasteiger partial charge on any atom is 0.308 e. The van der Waals surface area contributed by atoms with Crippen LogP contribution >= 0.6 is 0 Å². The zero-order chi connectivity index (χ0) is 31.2. The lowest BCUT2D eigenvalue weighted by molar-refractivity contribution is -0.332. The number of ether oxygens (including phenoxy) is 5. The van der Waals surface area contributed by atoms with Crippen LogP contribution in [-0.2, 0) is 28.5 Å². The Morgan fingerprint density at radius 3 is 1.81 bits per heavy atom. The van der Waals surface area contributed by atoms with Gasteiger partial charge < -0.3 is 54.3 Å². The number of aliphatic hydroxyl groups is 6. The lowest BCUT2D eigenvalue weighted by Gasteiger charge is -2.43. The van der Waals surface area contributed by atoms with Crippen molar-refractivity contribution in [1.82, 2.24) is 0 Å². The fraction of sp³-hybridized carbons (Fsp3) is 0.967. The number of hydrogen-bond acceptors (Lipinski definition) is 12. The average molecular weight is 609 g/mol. The summed E-state index contributed by atoms with van der Waals surface area (Å²) in [6, 6.07) is 0. The highest BCUT2D eigenvalue weighted by Gasteiger charge is 2.49. The fourth-order valence-corrected chi connectivity index (χ4v) is 5.25. The van der Waals surface area contributed by atoms with E-state index in [2.05, 4.69) is 13.8 Å². The molecule has 12 heteroatoms. The van der Waals surface area contributed by atoms with Gasteiger partial charge in [-0.25, -0.2) is 0 Å². The average Bonchev–Trinajstić information content (AvgIpc) is 2.97. The Morgan fingerprint density at radius 1 is 0.714 bits per heavy atom. The topological polar surface area (TPSA) is 185 Å². The highest BCUT2D eigenvalue weighted by atomic mass is 16.7. The molecule has 0 bridgehead atoms. The molecule has 0 aromatic heterocycles. The number of carbonyl (C=O) groups excluding carboxylic acids is 1. The minimum absolute atomic E-state index is 0.272. The lowest BCUT2D eigenvalue weighted by Crippen LogP contribution is -2.62. The smallest absolute Gasteiger partial charge is 0.308 e. The van der Waals surface area contributed by atoms with Crippen LogP contribution in [0.15, 0.2) is 0 Å². The van der Waals surface area contributed by atoms with E-state index < -0.39 is 86.5 Å². The van der Waals surface area contributed by atoms with Crippen molar-refractivity contribution in [3.63, 3.8) is 0 Å². The van der Waals surface area contributed by atoms with Crippen LogP contribution in [0.2, 0.25) is 0 Å². The Balaban J connectivity index is 1.97. The second-order valence-corrected chi connectivity index (χ2v) is 12.0. The van der Waals surface area contributed by atoms with E-state index >= 15 is 0 Å². The van der Waals surface area contributed by atoms with Crippen LogP contribution in [-0.4, -0.2) is 118 Å². The van der Waals surface area contributed by atoms with E-state index in [1.165, 1.54) is 12.8 Å². The third kappa shape index (κ3) is 11.2. The molecule has 248 valence electrons. The third-order valence-electron chi connectivity index (χ3n) is 8.07. The Kier molecular flexibility index (Phi) is 17.3. The van der Waals surface area contributed by atoms with Gasteiger partial charge >= 0.3 is 5.97 Å². The standard InChI is InChI=1S/C30H56O12/c1-5-7-9-11-13-19(14-12-10-8-6-2)16-38-29-25(35)23(33)22(32)21(41-29)17-39-30-26(36)24(34)27(20(15-31)40-30)42-28(37)18(3)4/h18-27,29-36H,5-17H2,1-4H3/t20-,21-,22-,23+,24-,25-,26-,27-,29+,30-/m1/s1. The van der Waals surface area contributed by atoms with Gasteiger partial charge in [-0.15, -0.1) is 0 Å². The van der Waals surface area contributed by atoms with Gasteiger partial charge in [-0.2, -0.15) is 0 Å². The van der Waals surface area contributed by atoms with E-state index in [-0.39, 0.29) is 5.92 Å². The molecule has 2 heterocycles. The zero-order valence-corrected chi connectivity index (χ0v) is 25.8. The molecule has 0 radical (unpaired) electrons. The summed E-state index contributed by atoms with van der Waals surface area (Å²) in [5.74, 6) is -0.857. The molecule has 0 amide bonds. The lowest BCUT2D eigenvalue weighted by atomic mass is 9.95. The fourth-order valence-electron chi connectivity index (χ4n) is 5.25. The monoisotopic (exact) mass is 608 g/mol. The van der Waals surface area contributed by atoms with Crippen LogP contribution in [0.1, 0.15) is 91.9 Å². The first-order valence-corrected chi connectivity index (χ1v) is 15.8. The summed E-state index contributed by atoms with van der Waals surface area (Å²) in [5, 5.41) is 62.5. The Hall–Kier alpha value is -0.930. The number of hydrogen-bond donors (Lipinski definition) is 6. The normalized spacial score (nSPS) is 33.8. The number of carbonyl (C=O) groups is 1. The van der Waals surface area contributed by atoms with Crippen molar-refractivity contribution < 1.29 is 59.1 Å². The highest BCUT2D eigenvalue weighted by molar-refractivity contribution is 5.71. The molecule has 6 N–H and O–H groups in total. The minimum Gasteiger partial charge on any atom is -0.456 e. The Morgan fingerprint density at radius 2 is 1.26 bits per heavy atom. The van der Waals surface area contributed by atoms with Crippen LogP contribution in [0.4, 0.5) is 0 Å². The van der Waals surface area contributed by atoms with E-state index in [1.807, 2.05) is 0 Å². The van der Waals surface area contributed by atoms with Crippen molar-refractivity contribution in [3.8, 4) is 0 Å². The van der Waals surface area contributed by atoms with Crippen LogP contribution in [0.3, 0.4) is 0 Å². The largest absolute Gasteiger partial charge is 0.456 e. The first-order chi connectivity index (χ1) is 20.0. The van der Waals surface area contributed by atoms with Crippen molar-refractivity contribution in [2.75, 3.05) is 19.8 Å². The summed E-state index contributed by atoms with van der Waals surface area (Å²) in [6.07, 6.45) is -3.05. The summed E-state index contributed by atoms with van der Waals surface area (Å²) >= 11 is 0. The van der Waals surface area contributed by atoms with Crippen molar-refractivity contribution in [1.29, 1.82) is 0 Å². The van der Waals surface area contributed by atoms with E-state index in [9.17, 15) is 35.4 Å². The number of esters is 1. The molecule has 0 spiro atoms. The number of rotatable bonds is 19. The van der Waals surface area contributed by atoms with Crippen LogP contribution in [0.5, 0.6) is 0 Å². The first kappa shape index (κ1) is 37.3. The highest BCUT2D eigenvalue weighted by Crippen LogP contribution is 2.28. The molecule has 0 saturated carbocycles. The van der Waals surface area contributed by atoms with Gasteiger partial charge in [-0.05, 0) is 18.8 Å². The van der Waals surface area contributed by atoms with Crippen LogP contribution in [0, 0.1) is 11.8 Å². The van der Waals surface area contributed by atoms with Crippen molar-refractivity contribution in [2.45, 2.75) is 153 Å². The second-order valence-electron chi connectivity index (χ2n) is 12.0. The summed E-state index contributed by atoms with van der Waals surface area (Å²) in [6.45, 7) is 6.86. The molecule has 10 atom stereocenters.